The Morgan fingerprint density at radius 1 is 1.12 bits per heavy atom. The first-order valence-corrected chi connectivity index (χ1v) is 6.32. The molecule has 0 saturated carbocycles. The van der Waals surface area contributed by atoms with E-state index in [0.29, 0.717) is 16.1 Å². The van der Waals surface area contributed by atoms with Gasteiger partial charge < -0.3 is 5.11 Å². The van der Waals surface area contributed by atoms with Crippen molar-refractivity contribution in [1.82, 2.24) is 0 Å². The summed E-state index contributed by atoms with van der Waals surface area (Å²) in [5.41, 5.74) is 0.982. The minimum atomic E-state index is -0.145. The van der Waals surface area contributed by atoms with Gasteiger partial charge in [0.25, 0.3) is 0 Å². The molecule has 0 aliphatic carbocycles. The molecular weight excluding hydrogens is 350 g/mol. The maximum atomic E-state index is 12.2. The van der Waals surface area contributed by atoms with Gasteiger partial charge in [-0.25, -0.2) is 0 Å². The van der Waals surface area contributed by atoms with Gasteiger partial charge in [-0.15, -0.1) is 0 Å². The number of hydrogen-bond donors (Lipinski definition) is 1. The molecule has 0 saturated heterocycles. The zero-order valence-electron chi connectivity index (χ0n) is 8.65. The van der Waals surface area contributed by atoms with Gasteiger partial charge in [0.1, 0.15) is 5.75 Å². The van der Waals surface area contributed by atoms with Crippen LogP contribution in [0.3, 0.4) is 0 Å². The lowest BCUT2D eigenvalue weighted by Crippen LogP contribution is -2.02. The van der Waals surface area contributed by atoms with E-state index in [1.807, 2.05) is 6.07 Å². The first kappa shape index (κ1) is 12.4. The van der Waals surface area contributed by atoms with Crippen LogP contribution in [0.1, 0.15) is 15.9 Å². The van der Waals surface area contributed by atoms with Gasteiger partial charge in [0.05, 0.1) is 5.02 Å². The fourth-order valence-corrected chi connectivity index (χ4v) is 2.13. The molecule has 0 unspecified atom stereocenters. The Kier molecular flexibility index (Phi) is 3.69. The summed E-state index contributed by atoms with van der Waals surface area (Å²) in [6.07, 6.45) is 0. The molecular formula is C13H8ClIO2. The standard InChI is InChI=1S/C13H8ClIO2/c14-12-6-3-9(15)7-11(12)13(17)8-1-4-10(16)5-2-8/h1-7,16H. The monoisotopic (exact) mass is 358 g/mol. The molecule has 0 aromatic heterocycles. The van der Waals surface area contributed by atoms with Crippen molar-refractivity contribution in [3.05, 3.63) is 62.2 Å². The van der Waals surface area contributed by atoms with Gasteiger partial charge in [0.15, 0.2) is 5.78 Å². The molecule has 86 valence electrons. The molecule has 2 nitrogen and oxygen atoms in total. The maximum absolute atomic E-state index is 12.2. The highest BCUT2D eigenvalue weighted by molar-refractivity contribution is 14.1. The van der Waals surface area contributed by atoms with Gasteiger partial charge in [-0.1, -0.05) is 11.6 Å². The molecule has 0 amide bonds. The lowest BCUT2D eigenvalue weighted by molar-refractivity contribution is 0.103. The molecule has 0 bridgehead atoms. The third-order valence-corrected chi connectivity index (χ3v) is 3.30. The number of ketones is 1. The van der Waals surface area contributed by atoms with Crippen LogP contribution < -0.4 is 0 Å². The molecule has 2 rings (SSSR count). The number of carbonyl (C=O) groups excluding carboxylic acids is 1. The number of halogens is 2. The van der Waals surface area contributed by atoms with Crippen molar-refractivity contribution in [2.75, 3.05) is 0 Å². The van der Waals surface area contributed by atoms with Crippen LogP contribution in [0.4, 0.5) is 0 Å². The lowest BCUT2D eigenvalue weighted by Gasteiger charge is -2.04. The van der Waals surface area contributed by atoms with Crippen molar-refractivity contribution in [2.45, 2.75) is 0 Å². The largest absolute Gasteiger partial charge is 0.508 e. The smallest absolute Gasteiger partial charge is 0.194 e. The van der Waals surface area contributed by atoms with Crippen LogP contribution in [0.2, 0.25) is 5.02 Å². The first-order chi connectivity index (χ1) is 8.08. The molecule has 0 atom stereocenters. The Labute approximate surface area is 117 Å². The summed E-state index contributed by atoms with van der Waals surface area (Å²) >= 11 is 8.13. The molecule has 0 radical (unpaired) electrons. The van der Waals surface area contributed by atoms with Crippen LogP contribution in [-0.2, 0) is 0 Å². The maximum Gasteiger partial charge on any atom is 0.194 e. The Hall–Kier alpha value is -1.07. The first-order valence-electron chi connectivity index (χ1n) is 4.87. The molecule has 0 heterocycles. The van der Waals surface area contributed by atoms with Crippen molar-refractivity contribution in [3.63, 3.8) is 0 Å². The summed E-state index contributed by atoms with van der Waals surface area (Å²) in [6, 6.07) is 11.4. The number of carbonyl (C=O) groups is 1. The molecule has 0 aliphatic rings. The second-order valence-electron chi connectivity index (χ2n) is 3.50. The van der Waals surface area contributed by atoms with Crippen LogP contribution in [0.15, 0.2) is 42.5 Å². The number of benzene rings is 2. The summed E-state index contributed by atoms with van der Waals surface area (Å²) in [5.74, 6) is -0.0104. The van der Waals surface area contributed by atoms with Crippen molar-refractivity contribution in [2.24, 2.45) is 0 Å². The average Bonchev–Trinajstić information content (AvgIpc) is 2.32. The van der Waals surface area contributed by atoms with E-state index >= 15 is 0 Å². The Balaban J connectivity index is 2.43. The highest BCUT2D eigenvalue weighted by Crippen LogP contribution is 2.22. The van der Waals surface area contributed by atoms with E-state index in [2.05, 4.69) is 22.6 Å². The van der Waals surface area contributed by atoms with Crippen LogP contribution in [-0.4, -0.2) is 10.9 Å². The van der Waals surface area contributed by atoms with Crippen LogP contribution in [0.5, 0.6) is 5.75 Å². The van der Waals surface area contributed by atoms with Gasteiger partial charge in [0, 0.05) is 14.7 Å². The van der Waals surface area contributed by atoms with Crippen molar-refractivity contribution in [1.29, 1.82) is 0 Å². The third-order valence-electron chi connectivity index (χ3n) is 2.30. The minimum Gasteiger partial charge on any atom is -0.508 e. The SMILES string of the molecule is O=C(c1ccc(O)cc1)c1cc(I)ccc1Cl. The molecule has 0 fully saturated rings. The van der Waals surface area contributed by atoms with E-state index in [1.165, 1.54) is 12.1 Å². The summed E-state index contributed by atoms with van der Waals surface area (Å²) in [6.45, 7) is 0. The fraction of sp³-hybridized carbons (Fsp3) is 0. The predicted molar refractivity (Wildman–Crippen MR) is 75.7 cm³/mol. The topological polar surface area (TPSA) is 37.3 Å². The second-order valence-corrected chi connectivity index (χ2v) is 5.15. The van der Waals surface area contributed by atoms with Crippen LogP contribution in [0, 0.1) is 3.57 Å². The van der Waals surface area contributed by atoms with Gasteiger partial charge >= 0.3 is 0 Å². The molecule has 17 heavy (non-hydrogen) atoms. The number of phenolic OH excluding ortho intramolecular Hbond substituents is 1. The summed E-state index contributed by atoms with van der Waals surface area (Å²) < 4.78 is 0.953. The minimum absolute atomic E-state index is 0.135. The Bertz CT molecular complexity index is 564. The summed E-state index contributed by atoms with van der Waals surface area (Å²) in [7, 11) is 0. The predicted octanol–water partition coefficient (Wildman–Crippen LogP) is 3.88. The van der Waals surface area contributed by atoms with E-state index in [1.54, 1.807) is 24.3 Å². The molecule has 0 aliphatic heterocycles. The van der Waals surface area contributed by atoms with E-state index < -0.39 is 0 Å². The van der Waals surface area contributed by atoms with Crippen molar-refractivity contribution >= 4 is 40.0 Å². The summed E-state index contributed by atoms with van der Waals surface area (Å²) in [5, 5.41) is 9.60. The van der Waals surface area contributed by atoms with Gasteiger partial charge in [-0.05, 0) is 65.1 Å². The van der Waals surface area contributed by atoms with E-state index in [0.717, 1.165) is 3.57 Å². The Morgan fingerprint density at radius 3 is 2.41 bits per heavy atom. The zero-order chi connectivity index (χ0) is 12.4. The van der Waals surface area contributed by atoms with Crippen molar-refractivity contribution < 1.29 is 9.90 Å². The quantitative estimate of drug-likeness (QED) is 0.653. The fourth-order valence-electron chi connectivity index (χ4n) is 1.44. The highest BCUT2D eigenvalue weighted by atomic mass is 127. The second kappa shape index (κ2) is 5.06. The van der Waals surface area contributed by atoms with Crippen LogP contribution >= 0.6 is 34.2 Å². The molecule has 2 aromatic rings. The van der Waals surface area contributed by atoms with Gasteiger partial charge in [-0.3, -0.25) is 4.79 Å². The average molecular weight is 359 g/mol. The molecule has 1 N–H and O–H groups in total. The lowest BCUT2D eigenvalue weighted by atomic mass is 10.0. The Morgan fingerprint density at radius 2 is 1.76 bits per heavy atom. The van der Waals surface area contributed by atoms with Gasteiger partial charge in [-0.2, -0.15) is 0 Å². The van der Waals surface area contributed by atoms with E-state index in [9.17, 15) is 4.79 Å². The number of phenols is 1. The number of aromatic hydroxyl groups is 1. The third kappa shape index (κ3) is 2.79. The van der Waals surface area contributed by atoms with E-state index in [4.69, 9.17) is 16.7 Å². The summed E-state index contributed by atoms with van der Waals surface area (Å²) in [4.78, 5) is 12.2. The zero-order valence-corrected chi connectivity index (χ0v) is 11.6. The molecule has 4 heteroatoms. The van der Waals surface area contributed by atoms with Crippen LogP contribution in [0.25, 0.3) is 0 Å². The molecule has 2 aromatic carbocycles. The normalized spacial score (nSPS) is 10.2. The molecule has 0 spiro atoms. The van der Waals surface area contributed by atoms with E-state index in [-0.39, 0.29) is 11.5 Å². The van der Waals surface area contributed by atoms with Gasteiger partial charge in [0.2, 0.25) is 0 Å². The number of rotatable bonds is 2. The number of hydrogen-bond acceptors (Lipinski definition) is 2. The van der Waals surface area contributed by atoms with Crippen molar-refractivity contribution in [3.8, 4) is 5.75 Å². The highest BCUT2D eigenvalue weighted by Gasteiger charge is 2.13.